The zero-order chi connectivity index (χ0) is 22.8. The molecule has 0 bridgehead atoms. The van der Waals surface area contributed by atoms with Crippen molar-refractivity contribution >= 4 is 27.3 Å². The predicted molar refractivity (Wildman–Crippen MR) is 131 cm³/mol. The molecule has 170 valence electrons. The first-order valence-corrected chi connectivity index (χ1v) is 12.1. The van der Waals surface area contributed by atoms with Gasteiger partial charge in [-0.1, -0.05) is 19.1 Å². The number of benzene rings is 1. The van der Waals surface area contributed by atoms with E-state index in [4.69, 9.17) is 4.74 Å². The van der Waals surface area contributed by atoms with Gasteiger partial charge in [0.05, 0.1) is 12.5 Å². The van der Waals surface area contributed by atoms with E-state index in [0.29, 0.717) is 6.54 Å². The third-order valence-corrected chi connectivity index (χ3v) is 7.47. The molecule has 2 aromatic heterocycles. The number of pyridine rings is 1. The van der Waals surface area contributed by atoms with Gasteiger partial charge in [-0.3, -0.25) is 14.5 Å². The summed E-state index contributed by atoms with van der Waals surface area (Å²) in [5.74, 6) is 1.02. The number of nitrogens with zero attached hydrogens (tertiary/aromatic N) is 3. The molecule has 0 aliphatic carbocycles. The van der Waals surface area contributed by atoms with E-state index in [2.05, 4.69) is 36.1 Å². The molecule has 0 saturated carbocycles. The van der Waals surface area contributed by atoms with E-state index >= 15 is 0 Å². The van der Waals surface area contributed by atoms with Gasteiger partial charge in [0, 0.05) is 67.5 Å². The SMILES string of the molecule is CCc1ccc(-c2cn(CC)c(=O)c3cc(CN4CCN(C(C)=O)CC4)sc23)cc1OC. The molecular formula is C25H31N3O3S. The molecule has 0 spiro atoms. The summed E-state index contributed by atoms with van der Waals surface area (Å²) < 4.78 is 8.44. The van der Waals surface area contributed by atoms with Crippen LogP contribution in [0.15, 0.2) is 35.3 Å². The zero-order valence-corrected chi connectivity index (χ0v) is 20.1. The minimum atomic E-state index is 0.0623. The molecule has 4 rings (SSSR count). The van der Waals surface area contributed by atoms with Crippen molar-refractivity contribution in [2.45, 2.75) is 40.3 Å². The second kappa shape index (κ2) is 9.46. The van der Waals surface area contributed by atoms with Crippen molar-refractivity contribution in [1.82, 2.24) is 14.4 Å². The van der Waals surface area contributed by atoms with Gasteiger partial charge >= 0.3 is 0 Å². The fraction of sp³-hybridized carbons (Fsp3) is 0.440. The van der Waals surface area contributed by atoms with Gasteiger partial charge in [-0.15, -0.1) is 11.3 Å². The van der Waals surface area contributed by atoms with Crippen LogP contribution in [-0.4, -0.2) is 53.6 Å². The van der Waals surface area contributed by atoms with Gasteiger partial charge < -0.3 is 14.2 Å². The average Bonchev–Trinajstić information content (AvgIpc) is 3.23. The van der Waals surface area contributed by atoms with E-state index < -0.39 is 0 Å². The molecule has 6 nitrogen and oxygen atoms in total. The van der Waals surface area contributed by atoms with Gasteiger partial charge in [0.2, 0.25) is 5.91 Å². The summed E-state index contributed by atoms with van der Waals surface area (Å²) in [6.45, 7) is 10.4. The number of hydrogen-bond donors (Lipinski definition) is 0. The number of thiophene rings is 1. The van der Waals surface area contributed by atoms with Crippen molar-refractivity contribution in [2.24, 2.45) is 0 Å². The van der Waals surface area contributed by atoms with Crippen molar-refractivity contribution in [3.63, 3.8) is 0 Å². The van der Waals surface area contributed by atoms with Crippen molar-refractivity contribution < 1.29 is 9.53 Å². The molecule has 0 unspecified atom stereocenters. The van der Waals surface area contributed by atoms with Crippen molar-refractivity contribution in [2.75, 3.05) is 33.3 Å². The van der Waals surface area contributed by atoms with E-state index in [1.807, 2.05) is 18.0 Å². The van der Waals surface area contributed by atoms with E-state index in [0.717, 1.165) is 66.1 Å². The molecular weight excluding hydrogens is 422 g/mol. The largest absolute Gasteiger partial charge is 0.496 e. The lowest BCUT2D eigenvalue weighted by atomic mass is 10.0. The maximum absolute atomic E-state index is 13.1. The monoisotopic (exact) mass is 453 g/mol. The van der Waals surface area contributed by atoms with Gasteiger partial charge in [0.25, 0.3) is 5.56 Å². The molecule has 1 aliphatic rings. The number of aryl methyl sites for hydroxylation is 2. The zero-order valence-electron chi connectivity index (χ0n) is 19.3. The van der Waals surface area contributed by atoms with Gasteiger partial charge in [0.1, 0.15) is 5.75 Å². The highest BCUT2D eigenvalue weighted by molar-refractivity contribution is 7.19. The quantitative estimate of drug-likeness (QED) is 0.566. The Kier molecular flexibility index (Phi) is 6.67. The molecule has 1 saturated heterocycles. The third kappa shape index (κ3) is 4.32. The Morgan fingerprint density at radius 3 is 2.50 bits per heavy atom. The first kappa shape index (κ1) is 22.6. The summed E-state index contributed by atoms with van der Waals surface area (Å²) in [4.78, 5) is 30.1. The average molecular weight is 454 g/mol. The van der Waals surface area contributed by atoms with Crippen LogP contribution in [0.4, 0.5) is 0 Å². The number of rotatable bonds is 6. The number of hydrogen-bond acceptors (Lipinski definition) is 5. The Hall–Kier alpha value is -2.64. The molecule has 0 N–H and O–H groups in total. The van der Waals surface area contributed by atoms with Crippen LogP contribution >= 0.6 is 11.3 Å². The molecule has 0 atom stereocenters. The molecule has 32 heavy (non-hydrogen) atoms. The standard InChI is InChI=1S/C25H31N3O3S/c1-5-18-7-8-19(13-23(18)31-4)22-16-27(6-2)25(30)21-14-20(32-24(21)22)15-26-9-11-28(12-10-26)17(3)29/h7-8,13-14,16H,5-6,9-12,15H2,1-4H3. The molecule has 0 radical (unpaired) electrons. The summed E-state index contributed by atoms with van der Waals surface area (Å²) >= 11 is 1.70. The summed E-state index contributed by atoms with van der Waals surface area (Å²) in [6.07, 6.45) is 2.89. The van der Waals surface area contributed by atoms with E-state index in [1.54, 1.807) is 29.9 Å². The topological polar surface area (TPSA) is 54.8 Å². The summed E-state index contributed by atoms with van der Waals surface area (Å²) in [6, 6.07) is 8.39. The molecule has 1 aliphatic heterocycles. The molecule has 7 heteroatoms. The number of methoxy groups -OCH3 is 1. The summed E-state index contributed by atoms with van der Waals surface area (Å²) in [7, 11) is 1.70. The number of ether oxygens (including phenoxy) is 1. The second-order valence-corrected chi connectivity index (χ2v) is 9.39. The normalized spacial score (nSPS) is 14.8. The Morgan fingerprint density at radius 1 is 1.12 bits per heavy atom. The van der Waals surface area contributed by atoms with Crippen LogP contribution in [0.3, 0.4) is 0 Å². The van der Waals surface area contributed by atoms with Crippen molar-refractivity contribution in [3.8, 4) is 16.9 Å². The fourth-order valence-electron chi connectivity index (χ4n) is 4.39. The number of amides is 1. The van der Waals surface area contributed by atoms with E-state index in [1.165, 1.54) is 10.4 Å². The van der Waals surface area contributed by atoms with Crippen LogP contribution in [0, 0.1) is 0 Å². The van der Waals surface area contributed by atoms with Crippen LogP contribution in [0.2, 0.25) is 0 Å². The van der Waals surface area contributed by atoms with Gasteiger partial charge in [-0.25, -0.2) is 0 Å². The lowest BCUT2D eigenvalue weighted by Gasteiger charge is -2.33. The number of carbonyl (C=O) groups is 1. The van der Waals surface area contributed by atoms with Crippen molar-refractivity contribution in [1.29, 1.82) is 0 Å². The molecule has 3 aromatic rings. The Labute approximate surface area is 193 Å². The maximum Gasteiger partial charge on any atom is 0.259 e. The van der Waals surface area contributed by atoms with Crippen LogP contribution in [0.25, 0.3) is 21.2 Å². The first-order chi connectivity index (χ1) is 15.4. The fourth-order valence-corrected chi connectivity index (χ4v) is 5.62. The Bertz CT molecular complexity index is 1190. The summed E-state index contributed by atoms with van der Waals surface area (Å²) in [5, 5.41) is 0.783. The highest BCUT2D eigenvalue weighted by atomic mass is 32.1. The number of piperazine rings is 1. The Morgan fingerprint density at radius 2 is 1.88 bits per heavy atom. The van der Waals surface area contributed by atoms with Crippen LogP contribution in [0.1, 0.15) is 31.2 Å². The molecule has 3 heterocycles. The number of fused-ring (bicyclic) bond motifs is 1. The molecule has 1 fully saturated rings. The smallest absolute Gasteiger partial charge is 0.259 e. The third-order valence-electron chi connectivity index (χ3n) is 6.32. The Balaban J connectivity index is 1.71. The number of carbonyl (C=O) groups excluding carboxylic acids is 1. The first-order valence-electron chi connectivity index (χ1n) is 11.3. The lowest BCUT2D eigenvalue weighted by molar-refractivity contribution is -0.130. The number of aromatic nitrogens is 1. The minimum Gasteiger partial charge on any atom is -0.496 e. The second-order valence-electron chi connectivity index (χ2n) is 8.25. The predicted octanol–water partition coefficient (Wildman–Crippen LogP) is 3.99. The van der Waals surface area contributed by atoms with E-state index in [9.17, 15) is 9.59 Å². The molecule has 1 amide bonds. The van der Waals surface area contributed by atoms with Crippen LogP contribution in [-0.2, 0) is 24.3 Å². The lowest BCUT2D eigenvalue weighted by Crippen LogP contribution is -2.47. The van der Waals surface area contributed by atoms with Gasteiger partial charge in [-0.2, -0.15) is 0 Å². The van der Waals surface area contributed by atoms with Crippen LogP contribution in [0.5, 0.6) is 5.75 Å². The highest BCUT2D eigenvalue weighted by Crippen LogP contribution is 2.36. The highest BCUT2D eigenvalue weighted by Gasteiger charge is 2.21. The van der Waals surface area contributed by atoms with Crippen LogP contribution < -0.4 is 10.3 Å². The maximum atomic E-state index is 13.1. The minimum absolute atomic E-state index is 0.0623. The molecule has 1 aromatic carbocycles. The van der Waals surface area contributed by atoms with E-state index in [-0.39, 0.29) is 11.5 Å². The van der Waals surface area contributed by atoms with Gasteiger partial charge in [-0.05, 0) is 36.6 Å². The van der Waals surface area contributed by atoms with Gasteiger partial charge in [0.15, 0.2) is 0 Å². The summed E-state index contributed by atoms with van der Waals surface area (Å²) in [5.41, 5.74) is 3.37. The van der Waals surface area contributed by atoms with Crippen molar-refractivity contribution in [3.05, 3.63) is 51.3 Å².